The molecule has 102 valence electrons. The maximum absolute atomic E-state index is 11.3. The van der Waals surface area contributed by atoms with Crippen LogP contribution in [0.3, 0.4) is 0 Å². The lowest BCUT2D eigenvalue weighted by atomic mass is 10.1. The Morgan fingerprint density at radius 3 is 2.55 bits per heavy atom. The van der Waals surface area contributed by atoms with Gasteiger partial charge in [-0.25, -0.2) is 4.79 Å². The largest absolute Gasteiger partial charge is 0.493 e. The van der Waals surface area contributed by atoms with E-state index in [9.17, 15) is 9.90 Å². The number of carbonyl (C=O) groups is 1. The SMILES string of the molecule is N#CCCCCOc1cc2ccccc2cc1C(=O)O. The van der Waals surface area contributed by atoms with Crippen LogP contribution >= 0.6 is 0 Å². The zero-order chi connectivity index (χ0) is 14.4. The second kappa shape index (κ2) is 6.58. The normalized spacial score (nSPS) is 10.2. The average Bonchev–Trinajstić information content (AvgIpc) is 2.46. The van der Waals surface area contributed by atoms with Crippen molar-refractivity contribution in [3.05, 3.63) is 42.0 Å². The molecule has 0 heterocycles. The van der Waals surface area contributed by atoms with Gasteiger partial charge in [-0.15, -0.1) is 0 Å². The fraction of sp³-hybridized carbons (Fsp3) is 0.250. The molecule has 2 aromatic carbocycles. The predicted octanol–water partition coefficient (Wildman–Crippen LogP) is 3.61. The van der Waals surface area contributed by atoms with Gasteiger partial charge in [0.2, 0.25) is 0 Å². The number of benzene rings is 2. The number of carboxylic acid groups (broad SMARTS) is 1. The highest BCUT2D eigenvalue weighted by Gasteiger charge is 2.12. The van der Waals surface area contributed by atoms with Crippen LogP contribution in [0.1, 0.15) is 29.6 Å². The van der Waals surface area contributed by atoms with Gasteiger partial charge in [-0.05, 0) is 35.7 Å². The first-order valence-electron chi connectivity index (χ1n) is 6.48. The molecule has 0 unspecified atom stereocenters. The van der Waals surface area contributed by atoms with Gasteiger partial charge in [0.25, 0.3) is 0 Å². The van der Waals surface area contributed by atoms with E-state index in [-0.39, 0.29) is 5.56 Å². The molecule has 0 aliphatic heterocycles. The van der Waals surface area contributed by atoms with Crippen LogP contribution < -0.4 is 4.74 Å². The molecule has 4 nitrogen and oxygen atoms in total. The lowest BCUT2D eigenvalue weighted by molar-refractivity contribution is 0.0692. The van der Waals surface area contributed by atoms with Gasteiger partial charge in [0.05, 0.1) is 12.7 Å². The third-order valence-corrected chi connectivity index (χ3v) is 3.02. The van der Waals surface area contributed by atoms with E-state index in [1.54, 1.807) is 12.1 Å². The maximum atomic E-state index is 11.3. The van der Waals surface area contributed by atoms with Crippen LogP contribution in [-0.4, -0.2) is 17.7 Å². The Labute approximate surface area is 117 Å². The smallest absolute Gasteiger partial charge is 0.339 e. The number of nitrogens with zero attached hydrogens (tertiary/aromatic N) is 1. The standard InChI is InChI=1S/C16H15NO3/c17-8-4-1-5-9-20-15-11-13-7-3-2-6-12(13)10-14(15)16(18)19/h2-3,6-7,10-11H,1,4-5,9H2,(H,18,19). The number of carboxylic acids is 1. The lowest BCUT2D eigenvalue weighted by Crippen LogP contribution is -2.04. The summed E-state index contributed by atoms with van der Waals surface area (Å²) >= 11 is 0. The molecule has 1 N–H and O–H groups in total. The number of hydrogen-bond donors (Lipinski definition) is 1. The Balaban J connectivity index is 2.19. The quantitative estimate of drug-likeness (QED) is 0.813. The van der Waals surface area contributed by atoms with E-state index >= 15 is 0 Å². The van der Waals surface area contributed by atoms with Crippen molar-refractivity contribution in [1.82, 2.24) is 0 Å². The summed E-state index contributed by atoms with van der Waals surface area (Å²) in [6, 6.07) is 13.0. The minimum absolute atomic E-state index is 0.170. The van der Waals surface area contributed by atoms with Crippen molar-refractivity contribution in [1.29, 1.82) is 5.26 Å². The molecule has 0 amide bonds. The van der Waals surface area contributed by atoms with Crippen molar-refractivity contribution < 1.29 is 14.6 Å². The molecule has 2 aromatic rings. The Bertz CT molecular complexity index is 658. The fourth-order valence-electron chi connectivity index (χ4n) is 1.99. The minimum atomic E-state index is -0.997. The summed E-state index contributed by atoms with van der Waals surface area (Å²) in [4.78, 5) is 11.3. The number of fused-ring (bicyclic) bond motifs is 1. The summed E-state index contributed by atoms with van der Waals surface area (Å²) in [6.07, 6.45) is 1.98. The van der Waals surface area contributed by atoms with Gasteiger partial charge in [-0.1, -0.05) is 24.3 Å². The summed E-state index contributed by atoms with van der Waals surface area (Å²) < 4.78 is 5.56. The highest BCUT2D eigenvalue weighted by atomic mass is 16.5. The van der Waals surface area contributed by atoms with Gasteiger partial charge < -0.3 is 9.84 Å². The molecule has 20 heavy (non-hydrogen) atoms. The summed E-state index contributed by atoms with van der Waals surface area (Å²) in [6.45, 7) is 0.417. The Hall–Kier alpha value is -2.54. The van der Waals surface area contributed by atoms with Crippen LogP contribution in [0.4, 0.5) is 0 Å². The minimum Gasteiger partial charge on any atom is -0.493 e. The van der Waals surface area contributed by atoms with Crippen molar-refractivity contribution >= 4 is 16.7 Å². The molecule has 0 aromatic heterocycles. The van der Waals surface area contributed by atoms with E-state index in [0.29, 0.717) is 18.8 Å². The Kier molecular flexibility index (Phi) is 4.56. The monoisotopic (exact) mass is 269 g/mol. The van der Waals surface area contributed by atoms with Crippen LogP contribution in [0.2, 0.25) is 0 Å². The van der Waals surface area contributed by atoms with E-state index < -0.39 is 5.97 Å². The van der Waals surface area contributed by atoms with Crippen LogP contribution in [0, 0.1) is 11.3 Å². The highest BCUT2D eigenvalue weighted by Crippen LogP contribution is 2.26. The van der Waals surface area contributed by atoms with Crippen molar-refractivity contribution in [3.63, 3.8) is 0 Å². The Morgan fingerprint density at radius 1 is 1.20 bits per heavy atom. The molecule has 2 rings (SSSR count). The molecule has 0 spiro atoms. The van der Waals surface area contributed by atoms with Gasteiger partial charge in [0, 0.05) is 6.42 Å². The number of unbranched alkanes of at least 4 members (excludes halogenated alkanes) is 2. The van der Waals surface area contributed by atoms with E-state index in [0.717, 1.165) is 23.6 Å². The fourth-order valence-corrected chi connectivity index (χ4v) is 1.99. The van der Waals surface area contributed by atoms with Crippen LogP contribution in [0.15, 0.2) is 36.4 Å². The molecule has 0 radical (unpaired) electrons. The topological polar surface area (TPSA) is 70.3 Å². The molecular formula is C16H15NO3. The third-order valence-electron chi connectivity index (χ3n) is 3.02. The van der Waals surface area contributed by atoms with Crippen LogP contribution in [0.25, 0.3) is 10.8 Å². The van der Waals surface area contributed by atoms with Gasteiger partial charge in [0.15, 0.2) is 0 Å². The van der Waals surface area contributed by atoms with Crippen molar-refractivity contribution in [2.75, 3.05) is 6.61 Å². The molecule has 0 saturated heterocycles. The first kappa shape index (κ1) is 13.9. The van der Waals surface area contributed by atoms with Gasteiger partial charge in [-0.3, -0.25) is 0 Å². The van der Waals surface area contributed by atoms with E-state index in [2.05, 4.69) is 6.07 Å². The van der Waals surface area contributed by atoms with Gasteiger partial charge in [-0.2, -0.15) is 5.26 Å². The maximum Gasteiger partial charge on any atom is 0.339 e. The summed E-state index contributed by atoms with van der Waals surface area (Å²) in [5.74, 6) is -0.615. The number of hydrogen-bond acceptors (Lipinski definition) is 3. The van der Waals surface area contributed by atoms with E-state index in [1.807, 2.05) is 24.3 Å². The number of nitriles is 1. The van der Waals surface area contributed by atoms with Crippen molar-refractivity contribution in [2.24, 2.45) is 0 Å². The second-order valence-electron chi connectivity index (χ2n) is 4.46. The van der Waals surface area contributed by atoms with Gasteiger partial charge in [0.1, 0.15) is 11.3 Å². The molecule has 0 saturated carbocycles. The second-order valence-corrected chi connectivity index (χ2v) is 4.46. The number of rotatable bonds is 6. The molecule has 0 atom stereocenters. The molecule has 4 heteroatoms. The van der Waals surface area contributed by atoms with Crippen molar-refractivity contribution in [3.8, 4) is 11.8 Å². The molecular weight excluding hydrogens is 254 g/mol. The van der Waals surface area contributed by atoms with Gasteiger partial charge >= 0.3 is 5.97 Å². The summed E-state index contributed by atoms with van der Waals surface area (Å²) in [5.41, 5.74) is 0.170. The molecule has 0 fully saturated rings. The van der Waals surface area contributed by atoms with Crippen LogP contribution in [-0.2, 0) is 0 Å². The average molecular weight is 269 g/mol. The molecule has 0 aliphatic rings. The van der Waals surface area contributed by atoms with Crippen molar-refractivity contribution in [2.45, 2.75) is 19.3 Å². The van der Waals surface area contributed by atoms with E-state index in [1.165, 1.54) is 0 Å². The zero-order valence-electron chi connectivity index (χ0n) is 11.0. The van der Waals surface area contributed by atoms with Crippen LogP contribution in [0.5, 0.6) is 5.75 Å². The summed E-state index contributed by atoms with van der Waals surface area (Å²) in [5, 5.41) is 19.5. The summed E-state index contributed by atoms with van der Waals surface area (Å²) in [7, 11) is 0. The first-order valence-corrected chi connectivity index (χ1v) is 6.48. The third kappa shape index (κ3) is 3.27. The number of ether oxygens (including phenoxy) is 1. The van der Waals surface area contributed by atoms with E-state index in [4.69, 9.17) is 10.00 Å². The zero-order valence-corrected chi connectivity index (χ0v) is 11.0. The predicted molar refractivity (Wildman–Crippen MR) is 75.9 cm³/mol. The molecule has 0 bridgehead atoms. The highest BCUT2D eigenvalue weighted by molar-refractivity contribution is 5.97. The Morgan fingerprint density at radius 2 is 1.90 bits per heavy atom. The lowest BCUT2D eigenvalue weighted by Gasteiger charge is -2.10. The number of aromatic carboxylic acids is 1. The molecule has 0 aliphatic carbocycles. The first-order chi connectivity index (χ1) is 9.72.